The Balaban J connectivity index is 1.85. The number of hydrogen-bond acceptors (Lipinski definition) is 5. The molecule has 2 N–H and O–H groups in total. The zero-order valence-corrected chi connectivity index (χ0v) is 10.4. The number of nitrogens with two attached hydrogens (primary N) is 1. The van der Waals surface area contributed by atoms with Crippen molar-refractivity contribution in [3.05, 3.63) is 18.2 Å². The molecule has 18 heavy (non-hydrogen) atoms. The summed E-state index contributed by atoms with van der Waals surface area (Å²) in [5, 5.41) is 8.28. The van der Waals surface area contributed by atoms with Crippen LogP contribution in [-0.2, 0) is 7.05 Å². The Morgan fingerprint density at radius 1 is 1.50 bits per heavy atom. The minimum Gasteiger partial charge on any atom is -0.339 e. The van der Waals surface area contributed by atoms with Crippen LogP contribution in [0.2, 0.25) is 0 Å². The van der Waals surface area contributed by atoms with Crippen LogP contribution < -0.4 is 5.73 Å². The smallest absolute Gasteiger partial charge is 0.230 e. The third kappa shape index (κ3) is 1.92. The van der Waals surface area contributed by atoms with Crippen LogP contribution in [0.3, 0.4) is 0 Å². The molecule has 0 aliphatic heterocycles. The zero-order valence-electron chi connectivity index (χ0n) is 10.4. The average Bonchev–Trinajstić information content (AvgIpc) is 3.07. The molecule has 1 aliphatic rings. The van der Waals surface area contributed by atoms with Crippen molar-refractivity contribution >= 4 is 0 Å². The fourth-order valence-electron chi connectivity index (χ4n) is 2.67. The summed E-state index contributed by atoms with van der Waals surface area (Å²) in [6, 6.07) is 1.88. The van der Waals surface area contributed by atoms with Gasteiger partial charge in [-0.3, -0.25) is 4.68 Å². The standard InChI is InChI=1S/C12H17N5O/c1-17-6-5-10(15-17)11-14-12(18-16-11)9-4-2-3-8(9)7-13/h5-6,8-9H,2-4,7,13H2,1H3. The highest BCUT2D eigenvalue weighted by Crippen LogP contribution is 2.38. The molecule has 96 valence electrons. The first-order valence-corrected chi connectivity index (χ1v) is 6.31. The van der Waals surface area contributed by atoms with Gasteiger partial charge in [0.05, 0.1) is 0 Å². The normalized spacial score (nSPS) is 23.7. The van der Waals surface area contributed by atoms with Crippen LogP contribution in [0.15, 0.2) is 16.8 Å². The minimum atomic E-state index is 0.319. The van der Waals surface area contributed by atoms with Gasteiger partial charge in [0.25, 0.3) is 0 Å². The van der Waals surface area contributed by atoms with Gasteiger partial charge in [0.2, 0.25) is 11.7 Å². The average molecular weight is 247 g/mol. The largest absolute Gasteiger partial charge is 0.339 e. The van der Waals surface area contributed by atoms with E-state index >= 15 is 0 Å². The van der Waals surface area contributed by atoms with Gasteiger partial charge in [-0.1, -0.05) is 11.6 Å². The van der Waals surface area contributed by atoms with E-state index in [1.165, 1.54) is 6.42 Å². The van der Waals surface area contributed by atoms with Gasteiger partial charge in [-0.25, -0.2) is 0 Å². The van der Waals surface area contributed by atoms with Crippen molar-refractivity contribution in [3.8, 4) is 11.5 Å². The first kappa shape index (κ1) is 11.4. The van der Waals surface area contributed by atoms with Crippen molar-refractivity contribution in [2.45, 2.75) is 25.2 Å². The quantitative estimate of drug-likeness (QED) is 0.884. The Bertz CT molecular complexity index is 532. The summed E-state index contributed by atoms with van der Waals surface area (Å²) in [7, 11) is 1.87. The molecular formula is C12H17N5O. The van der Waals surface area contributed by atoms with Crippen LogP contribution in [0.5, 0.6) is 0 Å². The van der Waals surface area contributed by atoms with Gasteiger partial charge >= 0.3 is 0 Å². The van der Waals surface area contributed by atoms with Crippen molar-refractivity contribution in [1.82, 2.24) is 19.9 Å². The molecular weight excluding hydrogens is 230 g/mol. The van der Waals surface area contributed by atoms with Crippen LogP contribution in [-0.4, -0.2) is 26.5 Å². The molecule has 2 heterocycles. The van der Waals surface area contributed by atoms with E-state index in [1.54, 1.807) is 4.68 Å². The molecule has 1 aliphatic carbocycles. The van der Waals surface area contributed by atoms with E-state index < -0.39 is 0 Å². The lowest BCUT2D eigenvalue weighted by Crippen LogP contribution is -2.17. The Morgan fingerprint density at radius 2 is 2.39 bits per heavy atom. The summed E-state index contributed by atoms with van der Waals surface area (Å²) in [4.78, 5) is 4.46. The molecule has 6 nitrogen and oxygen atoms in total. The van der Waals surface area contributed by atoms with Crippen LogP contribution in [0.25, 0.3) is 11.5 Å². The van der Waals surface area contributed by atoms with Gasteiger partial charge in [0.1, 0.15) is 5.69 Å². The first-order valence-electron chi connectivity index (χ1n) is 6.31. The fraction of sp³-hybridized carbons (Fsp3) is 0.583. The molecule has 1 saturated carbocycles. The Kier molecular flexibility index (Phi) is 2.87. The summed E-state index contributed by atoms with van der Waals surface area (Å²) in [5.41, 5.74) is 6.52. The Hall–Kier alpha value is -1.69. The molecule has 0 saturated heterocycles. The van der Waals surface area contributed by atoms with Gasteiger partial charge in [0.15, 0.2) is 0 Å². The molecule has 0 radical (unpaired) electrons. The second-order valence-electron chi connectivity index (χ2n) is 4.86. The maximum Gasteiger partial charge on any atom is 0.230 e. The van der Waals surface area contributed by atoms with E-state index in [1.807, 2.05) is 19.3 Å². The molecule has 0 spiro atoms. The van der Waals surface area contributed by atoms with Gasteiger partial charge in [0, 0.05) is 19.2 Å². The molecule has 2 unspecified atom stereocenters. The monoisotopic (exact) mass is 247 g/mol. The summed E-state index contributed by atoms with van der Waals surface area (Å²) < 4.78 is 7.10. The van der Waals surface area contributed by atoms with E-state index in [0.717, 1.165) is 18.5 Å². The van der Waals surface area contributed by atoms with E-state index in [-0.39, 0.29) is 0 Å². The Labute approximate surface area is 105 Å². The summed E-state index contributed by atoms with van der Waals surface area (Å²) in [6.07, 6.45) is 5.30. The second kappa shape index (κ2) is 4.53. The number of nitrogens with zero attached hydrogens (tertiary/aromatic N) is 4. The highest BCUT2D eigenvalue weighted by Gasteiger charge is 2.32. The lowest BCUT2D eigenvalue weighted by molar-refractivity contribution is 0.326. The predicted molar refractivity (Wildman–Crippen MR) is 65.6 cm³/mol. The first-order chi connectivity index (χ1) is 8.78. The summed E-state index contributed by atoms with van der Waals surface area (Å²) >= 11 is 0. The maximum atomic E-state index is 5.78. The van der Waals surface area contributed by atoms with E-state index in [9.17, 15) is 0 Å². The number of hydrogen-bond donors (Lipinski definition) is 1. The lowest BCUT2D eigenvalue weighted by Gasteiger charge is -2.12. The van der Waals surface area contributed by atoms with Gasteiger partial charge in [-0.05, 0) is 31.4 Å². The topological polar surface area (TPSA) is 82.8 Å². The highest BCUT2D eigenvalue weighted by atomic mass is 16.5. The van der Waals surface area contributed by atoms with Crippen molar-refractivity contribution < 1.29 is 4.52 Å². The van der Waals surface area contributed by atoms with Crippen molar-refractivity contribution in [1.29, 1.82) is 0 Å². The van der Waals surface area contributed by atoms with E-state index in [2.05, 4.69) is 15.2 Å². The van der Waals surface area contributed by atoms with E-state index in [0.29, 0.717) is 30.1 Å². The molecule has 0 amide bonds. The van der Waals surface area contributed by atoms with Gasteiger partial charge in [-0.15, -0.1) is 0 Å². The van der Waals surface area contributed by atoms with Crippen LogP contribution in [0.1, 0.15) is 31.1 Å². The van der Waals surface area contributed by atoms with Crippen LogP contribution in [0, 0.1) is 5.92 Å². The third-order valence-electron chi connectivity index (χ3n) is 3.66. The molecule has 0 aromatic carbocycles. The number of aryl methyl sites for hydroxylation is 1. The molecule has 0 bridgehead atoms. The van der Waals surface area contributed by atoms with Gasteiger partial charge < -0.3 is 10.3 Å². The number of aromatic nitrogens is 4. The van der Waals surface area contributed by atoms with Crippen molar-refractivity contribution in [2.75, 3.05) is 6.54 Å². The molecule has 6 heteroatoms. The fourth-order valence-corrected chi connectivity index (χ4v) is 2.67. The molecule has 2 aromatic rings. The molecule has 3 rings (SSSR count). The lowest BCUT2D eigenvalue weighted by atomic mass is 9.96. The minimum absolute atomic E-state index is 0.319. The molecule has 2 atom stereocenters. The molecule has 1 fully saturated rings. The van der Waals surface area contributed by atoms with E-state index in [4.69, 9.17) is 10.3 Å². The number of rotatable bonds is 3. The summed E-state index contributed by atoms with van der Waals surface area (Å²) in [5.74, 6) is 2.07. The van der Waals surface area contributed by atoms with Crippen molar-refractivity contribution in [2.24, 2.45) is 18.7 Å². The highest BCUT2D eigenvalue weighted by molar-refractivity contribution is 5.46. The molecule has 2 aromatic heterocycles. The predicted octanol–water partition coefficient (Wildman–Crippen LogP) is 1.31. The Morgan fingerprint density at radius 3 is 3.11 bits per heavy atom. The summed E-state index contributed by atoms with van der Waals surface area (Å²) in [6.45, 7) is 0.686. The SMILES string of the molecule is Cn1ccc(-c2noc(C3CCCC3CN)n2)n1. The van der Waals surface area contributed by atoms with Crippen molar-refractivity contribution in [3.63, 3.8) is 0 Å². The van der Waals surface area contributed by atoms with Gasteiger partial charge in [-0.2, -0.15) is 10.1 Å². The zero-order chi connectivity index (χ0) is 12.5. The maximum absolute atomic E-state index is 5.78. The second-order valence-corrected chi connectivity index (χ2v) is 4.86. The third-order valence-corrected chi connectivity index (χ3v) is 3.66. The van der Waals surface area contributed by atoms with Crippen LogP contribution >= 0.6 is 0 Å². The van der Waals surface area contributed by atoms with Crippen LogP contribution in [0.4, 0.5) is 0 Å².